The molecule has 0 aliphatic heterocycles. The van der Waals surface area contributed by atoms with Crippen LogP contribution in [0.2, 0.25) is 0 Å². The number of aliphatic carboxylic acids is 1. The van der Waals surface area contributed by atoms with Gasteiger partial charge in [-0.2, -0.15) is 0 Å². The average Bonchev–Trinajstić information content (AvgIpc) is 2.63. The highest BCUT2D eigenvalue weighted by atomic mass is 32.1. The van der Waals surface area contributed by atoms with Gasteiger partial charge in [0.2, 0.25) is 5.13 Å². The number of nitrogens with zero attached hydrogens (tertiary/aromatic N) is 2. The van der Waals surface area contributed by atoms with Crippen molar-refractivity contribution in [1.82, 2.24) is 15.5 Å². The molecule has 1 rings (SSSR count). The van der Waals surface area contributed by atoms with Gasteiger partial charge in [0, 0.05) is 0 Å². The van der Waals surface area contributed by atoms with Crippen molar-refractivity contribution in [2.75, 3.05) is 5.32 Å². The van der Waals surface area contributed by atoms with E-state index in [2.05, 4.69) is 20.8 Å². The second-order valence-corrected chi connectivity index (χ2v) is 4.88. The molecule has 0 spiro atoms. The Bertz CT molecular complexity index is 434. The first-order valence-electron chi connectivity index (χ1n) is 5.00. The summed E-state index contributed by atoms with van der Waals surface area (Å²) in [6, 6.07) is -0.604. The lowest BCUT2D eigenvalue weighted by Crippen LogP contribution is -2.53. The predicted octanol–water partition coefficient (Wildman–Crippen LogP) is 1.22. The molecule has 0 saturated heterocycles. The molecule has 0 aliphatic rings. The molecule has 1 unspecified atom stereocenters. The van der Waals surface area contributed by atoms with Crippen molar-refractivity contribution in [1.29, 1.82) is 0 Å². The lowest BCUT2D eigenvalue weighted by Gasteiger charge is -2.24. The van der Waals surface area contributed by atoms with Crippen LogP contribution in [0.25, 0.3) is 0 Å². The van der Waals surface area contributed by atoms with Crippen molar-refractivity contribution in [2.24, 2.45) is 0 Å². The Morgan fingerprint density at radius 1 is 1.47 bits per heavy atom. The molecule has 0 radical (unpaired) electrons. The minimum absolute atomic E-state index is 0.283. The van der Waals surface area contributed by atoms with Crippen molar-refractivity contribution >= 4 is 28.5 Å². The van der Waals surface area contributed by atoms with Crippen LogP contribution in [0, 0.1) is 6.92 Å². The van der Waals surface area contributed by atoms with Gasteiger partial charge in [-0.05, 0) is 20.3 Å². The van der Waals surface area contributed by atoms with E-state index in [4.69, 9.17) is 5.11 Å². The van der Waals surface area contributed by atoms with Crippen molar-refractivity contribution in [2.45, 2.75) is 32.7 Å². The third-order valence-corrected chi connectivity index (χ3v) is 3.07. The Kier molecular flexibility index (Phi) is 4.00. The first-order valence-corrected chi connectivity index (χ1v) is 5.81. The summed E-state index contributed by atoms with van der Waals surface area (Å²) in [7, 11) is 0. The Morgan fingerprint density at radius 3 is 2.53 bits per heavy atom. The van der Waals surface area contributed by atoms with Gasteiger partial charge in [-0.15, -0.1) is 10.2 Å². The SMILES string of the molecule is CCC(C)(NC(=O)Nc1nnc(C)s1)C(=O)O. The number of carbonyl (C=O) groups excluding carboxylic acids is 1. The van der Waals surface area contributed by atoms with Gasteiger partial charge in [0.25, 0.3) is 0 Å². The fourth-order valence-electron chi connectivity index (χ4n) is 1.02. The van der Waals surface area contributed by atoms with E-state index in [0.717, 1.165) is 5.01 Å². The van der Waals surface area contributed by atoms with E-state index < -0.39 is 17.5 Å². The monoisotopic (exact) mass is 258 g/mol. The molecule has 1 aromatic rings. The van der Waals surface area contributed by atoms with E-state index >= 15 is 0 Å². The van der Waals surface area contributed by atoms with Gasteiger partial charge in [-0.1, -0.05) is 18.3 Å². The zero-order valence-corrected chi connectivity index (χ0v) is 10.6. The van der Waals surface area contributed by atoms with Crippen molar-refractivity contribution in [3.05, 3.63) is 5.01 Å². The summed E-state index contributed by atoms with van der Waals surface area (Å²) in [6.07, 6.45) is 0.283. The van der Waals surface area contributed by atoms with Crippen molar-refractivity contribution in [3.63, 3.8) is 0 Å². The van der Waals surface area contributed by atoms with Gasteiger partial charge < -0.3 is 10.4 Å². The first-order chi connectivity index (χ1) is 7.87. The maximum absolute atomic E-state index is 11.6. The van der Waals surface area contributed by atoms with E-state index in [1.54, 1.807) is 13.8 Å². The number of amides is 2. The van der Waals surface area contributed by atoms with E-state index in [-0.39, 0.29) is 6.42 Å². The molecule has 0 saturated carbocycles. The summed E-state index contributed by atoms with van der Waals surface area (Å²) in [5, 5.41) is 22.3. The number of aromatic nitrogens is 2. The minimum atomic E-state index is -1.29. The molecule has 2 amide bonds. The third kappa shape index (κ3) is 3.38. The van der Waals surface area contributed by atoms with Crippen LogP contribution in [0.3, 0.4) is 0 Å². The van der Waals surface area contributed by atoms with Crippen LogP contribution in [-0.4, -0.2) is 32.8 Å². The zero-order valence-electron chi connectivity index (χ0n) is 9.77. The van der Waals surface area contributed by atoms with Crippen LogP contribution in [0.5, 0.6) is 0 Å². The molecule has 1 aromatic heterocycles. The molecular weight excluding hydrogens is 244 g/mol. The summed E-state index contributed by atoms with van der Waals surface area (Å²) in [5.41, 5.74) is -1.29. The molecule has 1 atom stereocenters. The van der Waals surface area contributed by atoms with E-state index in [1.165, 1.54) is 18.3 Å². The van der Waals surface area contributed by atoms with Crippen LogP contribution < -0.4 is 10.6 Å². The number of carboxylic acids is 1. The van der Waals surface area contributed by atoms with Gasteiger partial charge in [0.15, 0.2) is 0 Å². The Morgan fingerprint density at radius 2 is 2.12 bits per heavy atom. The highest BCUT2D eigenvalue weighted by molar-refractivity contribution is 7.15. The number of rotatable bonds is 4. The van der Waals surface area contributed by atoms with Crippen LogP contribution in [0.15, 0.2) is 0 Å². The van der Waals surface area contributed by atoms with Crippen LogP contribution >= 0.6 is 11.3 Å². The minimum Gasteiger partial charge on any atom is -0.480 e. The van der Waals surface area contributed by atoms with Crippen LogP contribution in [-0.2, 0) is 4.79 Å². The number of carboxylic acid groups (broad SMARTS) is 1. The Labute approximate surface area is 102 Å². The summed E-state index contributed by atoms with van der Waals surface area (Å²) in [4.78, 5) is 22.5. The maximum Gasteiger partial charge on any atom is 0.329 e. The normalized spacial score (nSPS) is 13.8. The second-order valence-electron chi connectivity index (χ2n) is 3.70. The van der Waals surface area contributed by atoms with E-state index in [9.17, 15) is 9.59 Å². The summed E-state index contributed by atoms with van der Waals surface area (Å²) >= 11 is 1.22. The molecular formula is C9H14N4O3S. The topological polar surface area (TPSA) is 104 Å². The van der Waals surface area contributed by atoms with E-state index in [0.29, 0.717) is 5.13 Å². The molecule has 17 heavy (non-hydrogen) atoms. The number of hydrogen-bond acceptors (Lipinski definition) is 5. The number of aryl methyl sites for hydroxylation is 1. The quantitative estimate of drug-likeness (QED) is 0.753. The van der Waals surface area contributed by atoms with Gasteiger partial charge >= 0.3 is 12.0 Å². The molecule has 0 aromatic carbocycles. The van der Waals surface area contributed by atoms with Crippen LogP contribution in [0.1, 0.15) is 25.3 Å². The standard InChI is InChI=1S/C9H14N4O3S/c1-4-9(3,6(14)15)11-7(16)10-8-13-12-5(2)17-8/h4H2,1-3H3,(H,14,15)(H2,10,11,13,16). The van der Waals surface area contributed by atoms with Crippen LogP contribution in [0.4, 0.5) is 9.93 Å². The maximum atomic E-state index is 11.6. The first kappa shape index (κ1) is 13.4. The molecule has 94 valence electrons. The second kappa shape index (κ2) is 5.09. The van der Waals surface area contributed by atoms with E-state index in [1.807, 2.05) is 0 Å². The number of anilines is 1. The van der Waals surface area contributed by atoms with Gasteiger partial charge in [-0.3, -0.25) is 5.32 Å². The largest absolute Gasteiger partial charge is 0.480 e. The Balaban J connectivity index is 2.63. The molecule has 8 heteroatoms. The molecule has 0 fully saturated rings. The molecule has 0 aliphatic carbocycles. The smallest absolute Gasteiger partial charge is 0.329 e. The lowest BCUT2D eigenvalue weighted by molar-refractivity contribution is -0.143. The summed E-state index contributed by atoms with van der Waals surface area (Å²) in [6.45, 7) is 4.89. The molecule has 0 bridgehead atoms. The molecule has 3 N–H and O–H groups in total. The summed E-state index contributed by atoms with van der Waals surface area (Å²) < 4.78 is 0. The Hall–Kier alpha value is -1.70. The summed E-state index contributed by atoms with van der Waals surface area (Å²) in [5.74, 6) is -1.08. The number of hydrogen-bond donors (Lipinski definition) is 3. The highest BCUT2D eigenvalue weighted by Crippen LogP contribution is 2.14. The number of nitrogens with one attached hydrogen (secondary N) is 2. The number of urea groups is 1. The van der Waals surface area contributed by atoms with Gasteiger partial charge in [0.1, 0.15) is 10.5 Å². The van der Waals surface area contributed by atoms with Gasteiger partial charge in [-0.25, -0.2) is 9.59 Å². The molecule has 1 heterocycles. The average molecular weight is 258 g/mol. The third-order valence-electron chi connectivity index (χ3n) is 2.32. The fraction of sp³-hybridized carbons (Fsp3) is 0.556. The van der Waals surface area contributed by atoms with Crippen molar-refractivity contribution in [3.8, 4) is 0 Å². The predicted molar refractivity (Wildman–Crippen MR) is 63.1 cm³/mol. The fourth-order valence-corrected chi connectivity index (χ4v) is 1.61. The van der Waals surface area contributed by atoms with Gasteiger partial charge in [0.05, 0.1) is 0 Å². The zero-order chi connectivity index (χ0) is 13.1. The number of carbonyl (C=O) groups is 2. The van der Waals surface area contributed by atoms with Crippen molar-refractivity contribution < 1.29 is 14.7 Å². The lowest BCUT2D eigenvalue weighted by atomic mass is 10.00. The highest BCUT2D eigenvalue weighted by Gasteiger charge is 2.32. The molecule has 7 nitrogen and oxygen atoms in total.